The predicted octanol–water partition coefficient (Wildman–Crippen LogP) is 1.96. The molecule has 0 saturated carbocycles. The first-order chi connectivity index (χ1) is 9.72. The second-order valence-corrected chi connectivity index (χ2v) is 4.30. The number of nitro groups is 1. The van der Waals surface area contributed by atoms with E-state index in [1.54, 1.807) is 12.1 Å². The largest absolute Gasteiger partial charge is 0.387 e. The van der Waals surface area contributed by atoms with Crippen LogP contribution in [0.4, 0.5) is 11.5 Å². The lowest BCUT2D eigenvalue weighted by Crippen LogP contribution is -2.29. The SMILES string of the molecule is NCCN(Cc1ccccc1)c1cccnc1[N+](=O)[O-]. The molecule has 0 saturated heterocycles. The monoisotopic (exact) mass is 272 g/mol. The number of rotatable bonds is 6. The van der Waals surface area contributed by atoms with E-state index < -0.39 is 4.92 Å². The molecule has 0 radical (unpaired) electrons. The molecule has 104 valence electrons. The third-order valence-corrected chi connectivity index (χ3v) is 2.89. The van der Waals surface area contributed by atoms with Crippen molar-refractivity contribution in [3.8, 4) is 0 Å². The molecular weight excluding hydrogens is 256 g/mol. The summed E-state index contributed by atoms with van der Waals surface area (Å²) in [6.07, 6.45) is 1.42. The van der Waals surface area contributed by atoms with Crippen molar-refractivity contribution in [2.45, 2.75) is 6.54 Å². The molecule has 0 aliphatic rings. The summed E-state index contributed by atoms with van der Waals surface area (Å²) >= 11 is 0. The van der Waals surface area contributed by atoms with Gasteiger partial charge in [-0.05, 0) is 27.6 Å². The molecule has 0 bridgehead atoms. The molecule has 6 heteroatoms. The number of benzene rings is 1. The molecule has 0 amide bonds. The minimum Gasteiger partial charge on any atom is -0.359 e. The summed E-state index contributed by atoms with van der Waals surface area (Å²) in [6, 6.07) is 13.2. The Morgan fingerprint density at radius 3 is 2.60 bits per heavy atom. The number of aromatic nitrogens is 1. The first kappa shape index (κ1) is 14.0. The van der Waals surface area contributed by atoms with Crippen molar-refractivity contribution < 1.29 is 4.92 Å². The summed E-state index contributed by atoms with van der Waals surface area (Å²) in [5, 5.41) is 11.1. The topological polar surface area (TPSA) is 85.3 Å². The van der Waals surface area contributed by atoms with Crippen molar-refractivity contribution in [2.75, 3.05) is 18.0 Å². The van der Waals surface area contributed by atoms with Gasteiger partial charge in [-0.3, -0.25) is 0 Å². The van der Waals surface area contributed by atoms with Crippen molar-refractivity contribution in [2.24, 2.45) is 5.73 Å². The van der Waals surface area contributed by atoms with Crippen molar-refractivity contribution in [1.82, 2.24) is 4.98 Å². The molecule has 1 aromatic heterocycles. The summed E-state index contributed by atoms with van der Waals surface area (Å²) in [4.78, 5) is 16.3. The zero-order valence-electron chi connectivity index (χ0n) is 11.0. The van der Waals surface area contributed by atoms with Gasteiger partial charge in [0, 0.05) is 19.6 Å². The first-order valence-electron chi connectivity index (χ1n) is 6.30. The average molecular weight is 272 g/mol. The fourth-order valence-corrected chi connectivity index (χ4v) is 2.02. The second-order valence-electron chi connectivity index (χ2n) is 4.30. The van der Waals surface area contributed by atoms with Crippen LogP contribution in [0.25, 0.3) is 0 Å². The Hall–Kier alpha value is -2.47. The van der Waals surface area contributed by atoms with Crippen LogP contribution in [0.2, 0.25) is 0 Å². The van der Waals surface area contributed by atoms with Gasteiger partial charge in [-0.2, -0.15) is 0 Å². The molecule has 2 rings (SSSR count). The summed E-state index contributed by atoms with van der Waals surface area (Å²) in [5.41, 5.74) is 7.18. The zero-order chi connectivity index (χ0) is 14.4. The molecule has 1 aromatic carbocycles. The van der Waals surface area contributed by atoms with E-state index in [-0.39, 0.29) is 5.82 Å². The van der Waals surface area contributed by atoms with Crippen LogP contribution in [0.5, 0.6) is 0 Å². The van der Waals surface area contributed by atoms with E-state index in [0.29, 0.717) is 25.3 Å². The van der Waals surface area contributed by atoms with Crippen molar-refractivity contribution in [3.05, 3.63) is 64.3 Å². The Bertz CT molecular complexity index is 574. The van der Waals surface area contributed by atoms with E-state index in [4.69, 9.17) is 5.73 Å². The maximum absolute atomic E-state index is 11.1. The molecule has 6 nitrogen and oxygen atoms in total. The van der Waals surface area contributed by atoms with Crippen LogP contribution < -0.4 is 10.6 Å². The highest BCUT2D eigenvalue weighted by atomic mass is 16.6. The normalized spacial score (nSPS) is 10.2. The highest BCUT2D eigenvalue weighted by molar-refractivity contribution is 5.59. The minimum atomic E-state index is -0.468. The van der Waals surface area contributed by atoms with Gasteiger partial charge in [0.15, 0.2) is 0 Å². The van der Waals surface area contributed by atoms with Crippen LogP contribution in [0.15, 0.2) is 48.7 Å². The molecule has 0 aliphatic heterocycles. The smallest absolute Gasteiger partial charge is 0.359 e. The molecule has 0 aliphatic carbocycles. The lowest BCUT2D eigenvalue weighted by Gasteiger charge is -2.23. The fourth-order valence-electron chi connectivity index (χ4n) is 2.02. The highest BCUT2D eigenvalue weighted by Gasteiger charge is 2.19. The average Bonchev–Trinajstić information content (AvgIpc) is 2.48. The van der Waals surface area contributed by atoms with Crippen LogP contribution in [0.1, 0.15) is 5.56 Å². The summed E-state index contributed by atoms with van der Waals surface area (Å²) in [5.74, 6) is -0.142. The van der Waals surface area contributed by atoms with Crippen molar-refractivity contribution in [3.63, 3.8) is 0 Å². The van der Waals surface area contributed by atoms with Gasteiger partial charge in [0.25, 0.3) is 0 Å². The Balaban J connectivity index is 2.31. The predicted molar refractivity (Wildman–Crippen MR) is 77.4 cm³/mol. The molecule has 0 atom stereocenters. The van der Waals surface area contributed by atoms with Crippen LogP contribution >= 0.6 is 0 Å². The van der Waals surface area contributed by atoms with Gasteiger partial charge in [-0.1, -0.05) is 30.3 Å². The first-order valence-corrected chi connectivity index (χ1v) is 6.30. The van der Waals surface area contributed by atoms with Gasteiger partial charge >= 0.3 is 5.82 Å². The number of anilines is 1. The fraction of sp³-hybridized carbons (Fsp3) is 0.214. The van der Waals surface area contributed by atoms with E-state index in [2.05, 4.69) is 4.98 Å². The van der Waals surface area contributed by atoms with Crippen molar-refractivity contribution in [1.29, 1.82) is 0 Å². The number of nitrogens with two attached hydrogens (primary N) is 1. The van der Waals surface area contributed by atoms with Gasteiger partial charge in [-0.25, -0.2) is 0 Å². The molecule has 0 spiro atoms. The standard InChI is InChI=1S/C14H16N4O2/c15-8-10-17(11-12-5-2-1-3-6-12)13-7-4-9-16-14(13)18(19)20/h1-7,9H,8,10-11,15H2. The number of nitrogens with zero attached hydrogens (tertiary/aromatic N) is 3. The number of hydrogen-bond donors (Lipinski definition) is 1. The van der Waals surface area contributed by atoms with Gasteiger partial charge < -0.3 is 20.7 Å². The van der Waals surface area contributed by atoms with Crippen LogP contribution in [0, 0.1) is 10.1 Å². The zero-order valence-corrected chi connectivity index (χ0v) is 11.0. The summed E-state index contributed by atoms with van der Waals surface area (Å²) in [7, 11) is 0. The minimum absolute atomic E-state index is 0.142. The molecular formula is C14H16N4O2. The Kier molecular flexibility index (Phi) is 4.62. The quantitative estimate of drug-likeness (QED) is 0.641. The molecule has 0 unspecified atom stereocenters. The van der Waals surface area contributed by atoms with E-state index in [1.165, 1.54) is 6.20 Å². The van der Waals surface area contributed by atoms with Gasteiger partial charge in [0.05, 0.1) is 0 Å². The summed E-state index contributed by atoms with van der Waals surface area (Å²) in [6.45, 7) is 1.50. The number of pyridine rings is 1. The van der Waals surface area contributed by atoms with Gasteiger partial charge in [0.2, 0.25) is 0 Å². The maximum atomic E-state index is 11.1. The number of hydrogen-bond acceptors (Lipinski definition) is 5. The summed E-state index contributed by atoms with van der Waals surface area (Å²) < 4.78 is 0. The molecule has 20 heavy (non-hydrogen) atoms. The van der Waals surface area contributed by atoms with Crippen LogP contribution in [0.3, 0.4) is 0 Å². The molecule has 0 fully saturated rings. The van der Waals surface area contributed by atoms with Gasteiger partial charge in [-0.15, -0.1) is 0 Å². The van der Waals surface area contributed by atoms with Crippen LogP contribution in [-0.2, 0) is 6.54 Å². The molecule has 2 aromatic rings. The van der Waals surface area contributed by atoms with E-state index in [0.717, 1.165) is 5.56 Å². The van der Waals surface area contributed by atoms with E-state index >= 15 is 0 Å². The van der Waals surface area contributed by atoms with E-state index in [1.807, 2.05) is 35.2 Å². The Labute approximate surface area is 117 Å². The molecule has 2 N–H and O–H groups in total. The Morgan fingerprint density at radius 1 is 1.20 bits per heavy atom. The molecule has 1 heterocycles. The third-order valence-electron chi connectivity index (χ3n) is 2.89. The second kappa shape index (κ2) is 6.63. The van der Waals surface area contributed by atoms with Crippen LogP contribution in [-0.4, -0.2) is 23.0 Å². The lowest BCUT2D eigenvalue weighted by molar-refractivity contribution is -0.388. The highest BCUT2D eigenvalue weighted by Crippen LogP contribution is 2.26. The third kappa shape index (κ3) is 3.30. The van der Waals surface area contributed by atoms with Crippen molar-refractivity contribution >= 4 is 11.5 Å². The Morgan fingerprint density at radius 2 is 1.95 bits per heavy atom. The van der Waals surface area contributed by atoms with E-state index in [9.17, 15) is 10.1 Å². The van der Waals surface area contributed by atoms with Gasteiger partial charge in [0.1, 0.15) is 11.9 Å². The maximum Gasteiger partial charge on any atom is 0.387 e. The lowest BCUT2D eigenvalue weighted by atomic mass is 10.2.